The Balaban J connectivity index is 1.86. The Kier molecular flexibility index (Phi) is 4.21. The van der Waals surface area contributed by atoms with Crippen molar-refractivity contribution in [2.75, 3.05) is 32.8 Å². The van der Waals surface area contributed by atoms with Gasteiger partial charge in [0.15, 0.2) is 0 Å². The number of hydrogen-bond donors (Lipinski definition) is 0. The Morgan fingerprint density at radius 2 is 2.05 bits per heavy atom. The number of morpholine rings is 1. The van der Waals surface area contributed by atoms with Gasteiger partial charge in [0, 0.05) is 25.8 Å². The van der Waals surface area contributed by atoms with E-state index < -0.39 is 10.2 Å². The van der Waals surface area contributed by atoms with Crippen molar-refractivity contribution in [1.29, 1.82) is 0 Å². The summed E-state index contributed by atoms with van der Waals surface area (Å²) in [6, 6.07) is 1.63. The number of nitrogens with zero attached hydrogens (tertiary/aromatic N) is 4. The van der Waals surface area contributed by atoms with E-state index >= 15 is 0 Å². The van der Waals surface area contributed by atoms with Gasteiger partial charge in [0.1, 0.15) is 5.82 Å². The highest BCUT2D eigenvalue weighted by atomic mass is 32.2. The Morgan fingerprint density at radius 3 is 2.76 bits per heavy atom. The van der Waals surface area contributed by atoms with E-state index in [0.29, 0.717) is 38.7 Å². The van der Waals surface area contributed by atoms with E-state index in [4.69, 9.17) is 4.74 Å². The van der Waals surface area contributed by atoms with Gasteiger partial charge in [0.2, 0.25) is 0 Å². The largest absolute Gasteiger partial charge is 0.379 e. The maximum absolute atomic E-state index is 12.8. The summed E-state index contributed by atoms with van der Waals surface area (Å²) < 4.78 is 34.0. The van der Waals surface area contributed by atoms with Gasteiger partial charge in [-0.2, -0.15) is 17.0 Å². The zero-order chi connectivity index (χ0) is 14.9. The fourth-order valence-corrected chi connectivity index (χ4v) is 4.70. The standard InChI is InChI=1S/C13H20N4O3S/c1-11-14-5-4-12(15-11)13-3-2-6-17(13)21(18,19)16-7-9-20-10-8-16/h4-5,13H,2-3,6-10H2,1H3/t13-/m1/s1. The van der Waals surface area contributed by atoms with Crippen molar-refractivity contribution in [3.63, 3.8) is 0 Å². The molecule has 0 aromatic carbocycles. The number of hydrogen-bond acceptors (Lipinski definition) is 5. The Labute approximate surface area is 125 Å². The third-order valence-electron chi connectivity index (χ3n) is 3.94. The highest BCUT2D eigenvalue weighted by molar-refractivity contribution is 7.86. The normalized spacial score (nSPS) is 25.3. The van der Waals surface area contributed by atoms with Gasteiger partial charge in [-0.25, -0.2) is 9.97 Å². The summed E-state index contributed by atoms with van der Waals surface area (Å²) in [7, 11) is -3.45. The van der Waals surface area contributed by atoms with E-state index in [2.05, 4.69) is 9.97 Å². The second kappa shape index (κ2) is 5.96. The summed E-state index contributed by atoms with van der Waals surface area (Å²) >= 11 is 0. The van der Waals surface area contributed by atoms with Crippen molar-refractivity contribution in [2.24, 2.45) is 0 Å². The van der Waals surface area contributed by atoms with Crippen molar-refractivity contribution < 1.29 is 13.2 Å². The molecular weight excluding hydrogens is 292 g/mol. The molecule has 0 bridgehead atoms. The average Bonchev–Trinajstić information content (AvgIpc) is 2.98. The fraction of sp³-hybridized carbons (Fsp3) is 0.692. The molecule has 0 spiro atoms. The SMILES string of the molecule is Cc1nccc([C@H]2CCCN2S(=O)(=O)N2CCOCC2)n1. The van der Waals surface area contributed by atoms with Gasteiger partial charge in [-0.3, -0.25) is 0 Å². The molecular formula is C13H20N4O3S. The quantitative estimate of drug-likeness (QED) is 0.812. The lowest BCUT2D eigenvalue weighted by Gasteiger charge is -2.32. The second-order valence-electron chi connectivity index (χ2n) is 5.32. The number of aryl methyl sites for hydroxylation is 1. The first-order chi connectivity index (χ1) is 10.1. The van der Waals surface area contributed by atoms with Gasteiger partial charge in [-0.05, 0) is 25.8 Å². The highest BCUT2D eigenvalue weighted by Crippen LogP contribution is 2.34. The Hall–Kier alpha value is -1.09. The molecule has 0 saturated carbocycles. The molecule has 2 aliphatic rings. The molecule has 2 saturated heterocycles. The molecule has 8 heteroatoms. The van der Waals surface area contributed by atoms with Gasteiger partial charge in [0.25, 0.3) is 10.2 Å². The summed E-state index contributed by atoms with van der Waals surface area (Å²) in [5.41, 5.74) is 0.789. The van der Waals surface area contributed by atoms with Crippen molar-refractivity contribution >= 4 is 10.2 Å². The first kappa shape index (κ1) is 14.8. The van der Waals surface area contributed by atoms with Crippen molar-refractivity contribution in [1.82, 2.24) is 18.6 Å². The molecule has 7 nitrogen and oxygen atoms in total. The molecule has 1 atom stereocenters. The zero-order valence-electron chi connectivity index (χ0n) is 12.1. The van der Waals surface area contributed by atoms with Gasteiger partial charge < -0.3 is 4.74 Å². The average molecular weight is 312 g/mol. The van der Waals surface area contributed by atoms with Crippen LogP contribution in [0.1, 0.15) is 30.4 Å². The topological polar surface area (TPSA) is 75.6 Å². The summed E-state index contributed by atoms with van der Waals surface area (Å²) in [5, 5.41) is 0. The van der Waals surface area contributed by atoms with Crippen LogP contribution in [0.3, 0.4) is 0 Å². The van der Waals surface area contributed by atoms with Crippen molar-refractivity contribution in [3.05, 3.63) is 23.8 Å². The van der Waals surface area contributed by atoms with Crippen LogP contribution in [-0.2, 0) is 14.9 Å². The summed E-state index contributed by atoms with van der Waals surface area (Å²) in [6.45, 7) is 4.14. The molecule has 116 valence electrons. The summed E-state index contributed by atoms with van der Waals surface area (Å²) in [6.07, 6.45) is 3.35. The van der Waals surface area contributed by atoms with Gasteiger partial charge in [-0.15, -0.1) is 0 Å². The van der Waals surface area contributed by atoms with Gasteiger partial charge >= 0.3 is 0 Å². The van der Waals surface area contributed by atoms with E-state index in [1.807, 2.05) is 13.0 Å². The summed E-state index contributed by atoms with van der Waals surface area (Å²) in [5.74, 6) is 0.670. The third-order valence-corrected chi connectivity index (χ3v) is 5.98. The van der Waals surface area contributed by atoms with E-state index in [0.717, 1.165) is 18.5 Å². The van der Waals surface area contributed by atoms with Crippen LogP contribution in [0.4, 0.5) is 0 Å². The monoisotopic (exact) mass is 312 g/mol. The predicted octanol–water partition coefficient (Wildman–Crippen LogP) is 0.499. The molecule has 2 fully saturated rings. The molecule has 0 N–H and O–H groups in total. The maximum Gasteiger partial charge on any atom is 0.282 e. The lowest BCUT2D eigenvalue weighted by Crippen LogP contribution is -2.48. The molecule has 0 amide bonds. The van der Waals surface area contributed by atoms with Crippen LogP contribution in [-0.4, -0.2) is 59.8 Å². The molecule has 21 heavy (non-hydrogen) atoms. The Morgan fingerprint density at radius 1 is 1.29 bits per heavy atom. The van der Waals surface area contributed by atoms with Gasteiger partial charge in [-0.1, -0.05) is 0 Å². The van der Waals surface area contributed by atoms with Crippen molar-refractivity contribution in [2.45, 2.75) is 25.8 Å². The Bertz CT molecular complexity index is 601. The predicted molar refractivity (Wildman–Crippen MR) is 76.8 cm³/mol. The lowest BCUT2D eigenvalue weighted by atomic mass is 10.1. The maximum atomic E-state index is 12.8. The van der Waals surface area contributed by atoms with E-state index in [1.165, 1.54) is 4.31 Å². The van der Waals surface area contributed by atoms with Crippen LogP contribution >= 0.6 is 0 Å². The molecule has 2 aliphatic heterocycles. The van der Waals surface area contributed by atoms with E-state index in [9.17, 15) is 8.42 Å². The fourth-order valence-electron chi connectivity index (χ4n) is 2.90. The minimum absolute atomic E-state index is 0.181. The number of aromatic nitrogens is 2. The smallest absolute Gasteiger partial charge is 0.282 e. The van der Waals surface area contributed by atoms with Crippen LogP contribution in [0.5, 0.6) is 0 Å². The van der Waals surface area contributed by atoms with Gasteiger partial charge in [0.05, 0.1) is 24.9 Å². The van der Waals surface area contributed by atoms with Crippen LogP contribution < -0.4 is 0 Å². The van der Waals surface area contributed by atoms with Crippen LogP contribution in [0.15, 0.2) is 12.3 Å². The molecule has 1 aromatic heterocycles. The number of rotatable bonds is 3. The molecule has 0 radical (unpaired) electrons. The minimum atomic E-state index is -3.45. The first-order valence-corrected chi connectivity index (χ1v) is 8.63. The van der Waals surface area contributed by atoms with E-state index in [1.54, 1.807) is 10.5 Å². The van der Waals surface area contributed by atoms with Crippen molar-refractivity contribution in [3.8, 4) is 0 Å². The van der Waals surface area contributed by atoms with E-state index in [-0.39, 0.29) is 6.04 Å². The lowest BCUT2D eigenvalue weighted by molar-refractivity contribution is 0.0698. The minimum Gasteiger partial charge on any atom is -0.379 e. The zero-order valence-corrected chi connectivity index (χ0v) is 12.9. The first-order valence-electron chi connectivity index (χ1n) is 7.23. The third kappa shape index (κ3) is 2.94. The second-order valence-corrected chi connectivity index (χ2v) is 7.20. The highest BCUT2D eigenvalue weighted by Gasteiger charge is 2.39. The molecule has 3 heterocycles. The van der Waals surface area contributed by atoms with Crippen LogP contribution in [0.25, 0.3) is 0 Å². The molecule has 3 rings (SSSR count). The molecule has 1 aromatic rings. The van der Waals surface area contributed by atoms with Crippen LogP contribution in [0.2, 0.25) is 0 Å². The van der Waals surface area contributed by atoms with Crippen LogP contribution in [0, 0.1) is 6.92 Å². The summed E-state index contributed by atoms with van der Waals surface area (Å²) in [4.78, 5) is 8.49. The number of ether oxygens (including phenoxy) is 1. The molecule has 0 aliphatic carbocycles. The molecule has 0 unspecified atom stereocenters.